The smallest absolute Gasteiger partial charge is 0.257 e. The predicted molar refractivity (Wildman–Crippen MR) is 113 cm³/mol. The first-order valence-corrected chi connectivity index (χ1v) is 10.5. The fraction of sp³-hybridized carbons (Fsp3) is 0.435. The molecule has 0 spiro atoms. The number of hydrogen-bond donors (Lipinski definition) is 0. The van der Waals surface area contributed by atoms with E-state index < -0.39 is 0 Å². The van der Waals surface area contributed by atoms with Crippen LogP contribution in [0, 0.1) is 20.8 Å². The molecule has 3 aromatic rings. The standard InChI is InChI=1S/C23H27N5O2/c1-5-21-22(15(3)27-30-21)20-8-6-7-19(26-20)17-9-11-28(12-10-17)23(29)18-13-24-16(4)25-14(18)2/h6-8,13,17H,5,9-12H2,1-4H3. The lowest BCUT2D eigenvalue weighted by Crippen LogP contribution is -2.38. The van der Waals surface area contributed by atoms with Crippen LogP contribution in [-0.4, -0.2) is 44.0 Å². The number of aryl methyl sites for hydroxylation is 4. The number of hydrogen-bond acceptors (Lipinski definition) is 6. The molecule has 3 aromatic heterocycles. The van der Waals surface area contributed by atoms with Crippen molar-refractivity contribution in [1.29, 1.82) is 0 Å². The second-order valence-electron chi connectivity index (χ2n) is 7.85. The molecule has 4 rings (SSSR count). The number of rotatable bonds is 4. The molecule has 4 heterocycles. The Labute approximate surface area is 176 Å². The van der Waals surface area contributed by atoms with Crippen molar-refractivity contribution in [1.82, 2.24) is 25.0 Å². The van der Waals surface area contributed by atoms with E-state index in [4.69, 9.17) is 9.51 Å². The SMILES string of the molecule is CCc1onc(C)c1-c1cccc(C2CCN(C(=O)c3cnc(C)nc3C)CC2)n1. The fourth-order valence-corrected chi connectivity index (χ4v) is 4.15. The molecular weight excluding hydrogens is 378 g/mol. The summed E-state index contributed by atoms with van der Waals surface area (Å²) in [5.41, 5.74) is 5.18. The van der Waals surface area contributed by atoms with Crippen molar-refractivity contribution in [2.45, 2.75) is 52.9 Å². The lowest BCUT2D eigenvalue weighted by Gasteiger charge is -2.32. The Hall–Kier alpha value is -3.09. The molecule has 7 nitrogen and oxygen atoms in total. The van der Waals surface area contributed by atoms with Crippen LogP contribution in [0.3, 0.4) is 0 Å². The van der Waals surface area contributed by atoms with Crippen LogP contribution >= 0.6 is 0 Å². The summed E-state index contributed by atoms with van der Waals surface area (Å²) < 4.78 is 5.44. The zero-order chi connectivity index (χ0) is 21.3. The summed E-state index contributed by atoms with van der Waals surface area (Å²) in [6, 6.07) is 6.15. The van der Waals surface area contributed by atoms with E-state index >= 15 is 0 Å². The average Bonchev–Trinajstić information content (AvgIpc) is 3.14. The predicted octanol–water partition coefficient (Wildman–Crippen LogP) is 4.03. The number of nitrogens with zero attached hydrogens (tertiary/aromatic N) is 5. The van der Waals surface area contributed by atoms with Crippen molar-refractivity contribution in [3.8, 4) is 11.3 Å². The van der Waals surface area contributed by atoms with Crippen molar-refractivity contribution in [2.75, 3.05) is 13.1 Å². The minimum atomic E-state index is 0.0142. The second-order valence-corrected chi connectivity index (χ2v) is 7.85. The minimum Gasteiger partial charge on any atom is -0.360 e. The van der Waals surface area contributed by atoms with Gasteiger partial charge in [-0.3, -0.25) is 9.78 Å². The first-order chi connectivity index (χ1) is 14.5. The molecule has 1 aliphatic heterocycles. The first-order valence-electron chi connectivity index (χ1n) is 10.5. The number of carbonyl (C=O) groups excluding carboxylic acids is 1. The molecule has 156 valence electrons. The van der Waals surface area contributed by atoms with Crippen molar-refractivity contribution in [2.24, 2.45) is 0 Å². The highest BCUT2D eigenvalue weighted by molar-refractivity contribution is 5.95. The Morgan fingerprint density at radius 3 is 2.60 bits per heavy atom. The Morgan fingerprint density at radius 2 is 1.90 bits per heavy atom. The Morgan fingerprint density at radius 1 is 1.13 bits per heavy atom. The summed E-state index contributed by atoms with van der Waals surface area (Å²) in [7, 11) is 0. The van der Waals surface area contributed by atoms with Crippen LogP contribution in [0.4, 0.5) is 0 Å². The summed E-state index contributed by atoms with van der Waals surface area (Å²) in [4.78, 5) is 28.3. The third-order valence-corrected chi connectivity index (χ3v) is 5.81. The summed E-state index contributed by atoms with van der Waals surface area (Å²) in [6.45, 7) is 9.11. The second kappa shape index (κ2) is 8.34. The van der Waals surface area contributed by atoms with E-state index in [1.807, 2.05) is 37.8 Å². The molecule has 1 saturated heterocycles. The molecule has 1 aliphatic rings. The number of pyridine rings is 1. The molecule has 0 aliphatic carbocycles. The summed E-state index contributed by atoms with van der Waals surface area (Å²) in [5.74, 6) is 1.89. The zero-order valence-electron chi connectivity index (χ0n) is 18.0. The molecule has 1 amide bonds. The van der Waals surface area contributed by atoms with Gasteiger partial charge < -0.3 is 9.42 Å². The van der Waals surface area contributed by atoms with Crippen LogP contribution in [0.15, 0.2) is 28.9 Å². The van der Waals surface area contributed by atoms with E-state index in [0.29, 0.717) is 30.4 Å². The summed E-state index contributed by atoms with van der Waals surface area (Å²) >= 11 is 0. The van der Waals surface area contributed by atoms with E-state index in [-0.39, 0.29) is 5.91 Å². The number of likely N-dealkylation sites (tertiary alicyclic amines) is 1. The van der Waals surface area contributed by atoms with Crippen LogP contribution < -0.4 is 0 Å². The normalized spacial score (nSPS) is 14.9. The van der Waals surface area contributed by atoms with Crippen molar-refractivity contribution in [3.05, 3.63) is 58.6 Å². The number of aromatic nitrogens is 4. The monoisotopic (exact) mass is 405 g/mol. The van der Waals surface area contributed by atoms with E-state index in [9.17, 15) is 4.79 Å². The minimum absolute atomic E-state index is 0.0142. The largest absolute Gasteiger partial charge is 0.360 e. The Kier molecular flexibility index (Phi) is 5.61. The molecule has 0 aromatic carbocycles. The van der Waals surface area contributed by atoms with Gasteiger partial charge in [0.25, 0.3) is 5.91 Å². The van der Waals surface area contributed by atoms with Gasteiger partial charge in [0, 0.05) is 37.3 Å². The molecule has 0 saturated carbocycles. The van der Waals surface area contributed by atoms with Crippen molar-refractivity contribution in [3.63, 3.8) is 0 Å². The van der Waals surface area contributed by atoms with Crippen LogP contribution in [0.1, 0.15) is 64.7 Å². The van der Waals surface area contributed by atoms with E-state index in [1.54, 1.807) is 6.20 Å². The van der Waals surface area contributed by atoms with Gasteiger partial charge in [0.2, 0.25) is 0 Å². The van der Waals surface area contributed by atoms with Crippen LogP contribution in [0.2, 0.25) is 0 Å². The maximum absolute atomic E-state index is 12.9. The van der Waals surface area contributed by atoms with Crippen LogP contribution in [0.5, 0.6) is 0 Å². The Bertz CT molecular complexity index is 1070. The molecule has 7 heteroatoms. The lowest BCUT2D eigenvalue weighted by atomic mass is 9.92. The number of carbonyl (C=O) groups is 1. The highest BCUT2D eigenvalue weighted by atomic mass is 16.5. The van der Waals surface area contributed by atoms with Gasteiger partial charge in [0.1, 0.15) is 11.6 Å². The maximum Gasteiger partial charge on any atom is 0.257 e. The third kappa shape index (κ3) is 3.84. The number of piperidine rings is 1. The topological polar surface area (TPSA) is 85.0 Å². The summed E-state index contributed by atoms with van der Waals surface area (Å²) in [5, 5.41) is 4.11. The zero-order valence-corrected chi connectivity index (χ0v) is 18.0. The molecule has 0 bridgehead atoms. The van der Waals surface area contributed by atoms with E-state index in [1.165, 1.54) is 0 Å². The van der Waals surface area contributed by atoms with E-state index in [0.717, 1.165) is 53.4 Å². The molecular formula is C23H27N5O2. The number of amides is 1. The lowest BCUT2D eigenvalue weighted by molar-refractivity contribution is 0.0710. The summed E-state index contributed by atoms with van der Waals surface area (Å²) in [6.07, 6.45) is 4.20. The van der Waals surface area contributed by atoms with Crippen LogP contribution in [-0.2, 0) is 6.42 Å². The van der Waals surface area contributed by atoms with E-state index in [2.05, 4.69) is 28.1 Å². The Balaban J connectivity index is 1.48. The van der Waals surface area contributed by atoms with Crippen molar-refractivity contribution < 1.29 is 9.32 Å². The van der Waals surface area contributed by atoms with Gasteiger partial charge in [0.15, 0.2) is 0 Å². The quantitative estimate of drug-likeness (QED) is 0.651. The van der Waals surface area contributed by atoms with Gasteiger partial charge in [-0.25, -0.2) is 9.97 Å². The molecule has 30 heavy (non-hydrogen) atoms. The first kappa shape index (κ1) is 20.2. The van der Waals surface area contributed by atoms with Crippen LogP contribution in [0.25, 0.3) is 11.3 Å². The van der Waals surface area contributed by atoms with Gasteiger partial charge in [-0.2, -0.15) is 0 Å². The third-order valence-electron chi connectivity index (χ3n) is 5.81. The van der Waals surface area contributed by atoms with Gasteiger partial charge in [0.05, 0.1) is 28.2 Å². The molecule has 0 unspecified atom stereocenters. The van der Waals surface area contributed by atoms with Gasteiger partial charge >= 0.3 is 0 Å². The average molecular weight is 406 g/mol. The molecule has 0 radical (unpaired) electrons. The molecule has 1 fully saturated rings. The highest BCUT2D eigenvalue weighted by Gasteiger charge is 2.27. The van der Waals surface area contributed by atoms with Gasteiger partial charge in [-0.15, -0.1) is 0 Å². The van der Waals surface area contributed by atoms with Crippen molar-refractivity contribution >= 4 is 5.91 Å². The maximum atomic E-state index is 12.9. The molecule has 0 atom stereocenters. The highest BCUT2D eigenvalue weighted by Crippen LogP contribution is 2.31. The van der Waals surface area contributed by atoms with Gasteiger partial charge in [-0.05, 0) is 45.7 Å². The fourth-order valence-electron chi connectivity index (χ4n) is 4.15. The van der Waals surface area contributed by atoms with Gasteiger partial charge in [-0.1, -0.05) is 18.1 Å². The molecule has 0 N–H and O–H groups in total.